The second-order valence-corrected chi connectivity index (χ2v) is 10.9. The highest BCUT2D eigenvalue weighted by atomic mass is 32.2. The van der Waals surface area contributed by atoms with Crippen LogP contribution < -0.4 is 14.0 Å². The zero-order chi connectivity index (χ0) is 27.8. The lowest BCUT2D eigenvalue weighted by molar-refractivity contribution is -0.623. The van der Waals surface area contributed by atoms with Gasteiger partial charge in [-0.15, -0.1) is 4.52 Å². The predicted octanol–water partition coefficient (Wildman–Crippen LogP) is 3.03. The minimum atomic E-state index is -3.27. The number of rotatable bonds is 14. The van der Waals surface area contributed by atoms with Gasteiger partial charge in [-0.05, 0) is 41.9 Å². The first-order valence-corrected chi connectivity index (χ1v) is 14.4. The van der Waals surface area contributed by atoms with Gasteiger partial charge in [-0.1, -0.05) is 12.1 Å². The van der Waals surface area contributed by atoms with E-state index in [-0.39, 0.29) is 4.90 Å². The van der Waals surface area contributed by atoms with Crippen LogP contribution in [0.4, 0.5) is 0 Å². The maximum atomic E-state index is 11.9. The molecule has 0 aliphatic heterocycles. The van der Waals surface area contributed by atoms with Crippen LogP contribution in [0.3, 0.4) is 0 Å². The number of sulfone groups is 1. The van der Waals surface area contributed by atoms with Crippen molar-refractivity contribution in [3.63, 3.8) is 0 Å². The van der Waals surface area contributed by atoms with Gasteiger partial charge in [0.15, 0.2) is 21.3 Å². The first-order valence-electron chi connectivity index (χ1n) is 12.5. The Balaban J connectivity index is 1.48. The number of aromatic nitrogens is 3. The molecule has 0 saturated heterocycles. The molecule has 208 valence electrons. The van der Waals surface area contributed by atoms with Crippen molar-refractivity contribution in [2.45, 2.75) is 11.8 Å². The standard InChI is InChI=1S/C28H34N3O7S/c1-21-20-30-12-11-25(29-31(30)28(21)22-5-8-24(9-6-22)39(4,32)33)23-7-10-26(27(19-23)35-3)38-18-17-37-16-15-36-14-13-34-2/h5-12,19-20H,13-18H2,1-4H3/q+1. The lowest BCUT2D eigenvalue weighted by Gasteiger charge is -2.12. The molecule has 11 heteroatoms. The van der Waals surface area contributed by atoms with E-state index in [1.54, 1.807) is 43.1 Å². The van der Waals surface area contributed by atoms with Crippen LogP contribution in [-0.4, -0.2) is 78.3 Å². The van der Waals surface area contributed by atoms with E-state index in [9.17, 15) is 8.42 Å². The number of ether oxygens (including phenoxy) is 5. The van der Waals surface area contributed by atoms with E-state index in [0.717, 1.165) is 28.1 Å². The SMILES string of the molecule is COCCOCCOCCOc1ccc(-c2cc[n+]3cc(C)c(-c4ccc(S(C)(=O)=O)cc4)n3n2)cc1OC. The Hall–Kier alpha value is -3.51. The molecule has 0 bridgehead atoms. The average Bonchev–Trinajstić information content (AvgIpc) is 3.26. The number of aryl methyl sites for hydroxylation is 1. The summed E-state index contributed by atoms with van der Waals surface area (Å²) in [4.78, 5) is 0.277. The Labute approximate surface area is 228 Å². The van der Waals surface area contributed by atoms with Gasteiger partial charge in [0.25, 0.3) is 0 Å². The van der Waals surface area contributed by atoms with Crippen LogP contribution in [0.25, 0.3) is 22.5 Å². The Kier molecular flexibility index (Phi) is 9.52. The molecule has 0 atom stereocenters. The molecule has 0 N–H and O–H groups in total. The van der Waals surface area contributed by atoms with Gasteiger partial charge >= 0.3 is 0 Å². The lowest BCUT2D eigenvalue weighted by atomic mass is 10.1. The van der Waals surface area contributed by atoms with Gasteiger partial charge in [-0.3, -0.25) is 0 Å². The molecular formula is C28H34N3O7S+. The molecule has 0 unspecified atom stereocenters. The van der Waals surface area contributed by atoms with E-state index in [1.165, 1.54) is 6.26 Å². The molecule has 0 spiro atoms. The second-order valence-electron chi connectivity index (χ2n) is 8.86. The number of fused-ring (bicyclic) bond motifs is 1. The first kappa shape index (κ1) is 28.5. The molecule has 2 aromatic carbocycles. The third-order valence-electron chi connectivity index (χ3n) is 6.01. The van der Waals surface area contributed by atoms with Gasteiger partial charge in [0.05, 0.1) is 50.1 Å². The van der Waals surface area contributed by atoms with Gasteiger partial charge < -0.3 is 23.7 Å². The number of hydrogen-bond donors (Lipinski definition) is 0. The van der Waals surface area contributed by atoms with E-state index in [2.05, 4.69) is 0 Å². The Morgan fingerprint density at radius 3 is 2.18 bits per heavy atom. The Morgan fingerprint density at radius 2 is 1.51 bits per heavy atom. The van der Waals surface area contributed by atoms with Crippen LogP contribution in [0, 0.1) is 6.92 Å². The van der Waals surface area contributed by atoms with Crippen molar-refractivity contribution in [1.82, 2.24) is 9.73 Å². The average molecular weight is 557 g/mol. The molecule has 0 saturated carbocycles. The molecule has 39 heavy (non-hydrogen) atoms. The van der Waals surface area contributed by atoms with E-state index in [1.807, 2.05) is 48.1 Å². The van der Waals surface area contributed by atoms with E-state index >= 15 is 0 Å². The molecule has 10 nitrogen and oxygen atoms in total. The summed E-state index contributed by atoms with van der Waals surface area (Å²) in [7, 11) is -0.0407. The number of nitrogens with zero attached hydrogens (tertiary/aromatic N) is 3. The molecule has 0 fully saturated rings. The fourth-order valence-electron chi connectivity index (χ4n) is 4.06. The van der Waals surface area contributed by atoms with Crippen LogP contribution in [0.15, 0.2) is 65.8 Å². The zero-order valence-electron chi connectivity index (χ0n) is 22.6. The highest BCUT2D eigenvalue weighted by molar-refractivity contribution is 7.90. The molecular weight excluding hydrogens is 522 g/mol. The maximum Gasteiger partial charge on any atom is 0.212 e. The largest absolute Gasteiger partial charge is 0.493 e. The summed E-state index contributed by atoms with van der Waals surface area (Å²) in [6.45, 7) is 4.89. The minimum Gasteiger partial charge on any atom is -0.493 e. The van der Waals surface area contributed by atoms with Gasteiger partial charge in [0, 0.05) is 36.1 Å². The van der Waals surface area contributed by atoms with Gasteiger partial charge in [-0.2, -0.15) is 0 Å². The van der Waals surface area contributed by atoms with Crippen molar-refractivity contribution in [3.05, 3.63) is 66.5 Å². The van der Waals surface area contributed by atoms with Crippen LogP contribution in [0.5, 0.6) is 11.5 Å². The molecule has 2 aromatic heterocycles. The van der Waals surface area contributed by atoms with Gasteiger partial charge in [0.2, 0.25) is 5.69 Å². The summed E-state index contributed by atoms with van der Waals surface area (Å²) in [6.07, 6.45) is 5.10. The fourth-order valence-corrected chi connectivity index (χ4v) is 4.69. The molecule has 4 rings (SSSR count). The third-order valence-corrected chi connectivity index (χ3v) is 7.14. The normalized spacial score (nSPS) is 11.7. The summed E-state index contributed by atoms with van der Waals surface area (Å²) in [6, 6.07) is 14.4. The summed E-state index contributed by atoms with van der Waals surface area (Å²) in [5.74, 6) is 1.20. The molecule has 0 aliphatic carbocycles. The summed E-state index contributed by atoms with van der Waals surface area (Å²) < 4.78 is 54.7. The summed E-state index contributed by atoms with van der Waals surface area (Å²) in [5.41, 5.74) is 4.33. The quantitative estimate of drug-likeness (QED) is 0.173. The molecule has 0 radical (unpaired) electrons. The Bertz CT molecular complexity index is 1500. The van der Waals surface area contributed by atoms with Crippen LogP contribution in [-0.2, 0) is 24.0 Å². The second kappa shape index (κ2) is 13.0. The summed E-state index contributed by atoms with van der Waals surface area (Å²) in [5, 5.41) is 4.87. The van der Waals surface area contributed by atoms with Crippen LogP contribution in [0.1, 0.15) is 5.56 Å². The predicted molar refractivity (Wildman–Crippen MR) is 145 cm³/mol. The zero-order valence-corrected chi connectivity index (χ0v) is 23.4. The Morgan fingerprint density at radius 1 is 0.846 bits per heavy atom. The third kappa shape index (κ3) is 7.12. The number of hydrogen-bond acceptors (Lipinski definition) is 8. The van der Waals surface area contributed by atoms with Gasteiger partial charge in [0.1, 0.15) is 24.7 Å². The molecule has 0 aliphatic rings. The fraction of sp³-hybridized carbons (Fsp3) is 0.357. The smallest absolute Gasteiger partial charge is 0.212 e. The lowest BCUT2D eigenvalue weighted by Crippen LogP contribution is -2.29. The van der Waals surface area contributed by atoms with E-state index in [4.69, 9.17) is 28.8 Å². The maximum absolute atomic E-state index is 11.9. The monoisotopic (exact) mass is 556 g/mol. The van der Waals surface area contributed by atoms with Crippen molar-refractivity contribution in [2.24, 2.45) is 0 Å². The summed E-state index contributed by atoms with van der Waals surface area (Å²) >= 11 is 0. The van der Waals surface area contributed by atoms with Crippen molar-refractivity contribution >= 4 is 9.84 Å². The number of benzene rings is 2. The van der Waals surface area contributed by atoms with Crippen molar-refractivity contribution < 1.29 is 36.6 Å². The molecule has 0 amide bonds. The topological polar surface area (TPSA) is 102 Å². The van der Waals surface area contributed by atoms with Gasteiger partial charge in [-0.25, -0.2) is 8.42 Å². The van der Waals surface area contributed by atoms with Crippen molar-refractivity contribution in [3.8, 4) is 34.0 Å². The highest BCUT2D eigenvalue weighted by Gasteiger charge is 2.20. The van der Waals surface area contributed by atoms with E-state index < -0.39 is 9.84 Å². The number of methoxy groups -OCH3 is 2. The van der Waals surface area contributed by atoms with Crippen LogP contribution >= 0.6 is 0 Å². The molecule has 2 heterocycles. The minimum absolute atomic E-state index is 0.277. The first-order chi connectivity index (χ1) is 18.8. The highest BCUT2D eigenvalue weighted by Crippen LogP contribution is 2.32. The van der Waals surface area contributed by atoms with Crippen molar-refractivity contribution in [2.75, 3.05) is 60.1 Å². The van der Waals surface area contributed by atoms with Crippen molar-refractivity contribution in [1.29, 1.82) is 0 Å². The van der Waals surface area contributed by atoms with Crippen LogP contribution in [0.2, 0.25) is 0 Å². The van der Waals surface area contributed by atoms with E-state index in [0.29, 0.717) is 51.1 Å². The molecule has 4 aromatic rings.